The second-order valence-corrected chi connectivity index (χ2v) is 7.70. The minimum atomic E-state index is -3.71. The molecule has 3 aromatic rings. The fourth-order valence-electron chi connectivity index (χ4n) is 2.36. The molecule has 2 aromatic carbocycles. The summed E-state index contributed by atoms with van der Waals surface area (Å²) in [6.45, 7) is 1.84. The van der Waals surface area contributed by atoms with Gasteiger partial charge in [-0.1, -0.05) is 23.7 Å². The van der Waals surface area contributed by atoms with Crippen LogP contribution < -0.4 is 10.3 Å². The van der Waals surface area contributed by atoms with Crippen molar-refractivity contribution in [3.05, 3.63) is 75.0 Å². The molecule has 0 radical (unpaired) electrons. The molecule has 0 aliphatic rings. The van der Waals surface area contributed by atoms with Crippen molar-refractivity contribution in [1.82, 2.24) is 9.71 Å². The summed E-state index contributed by atoms with van der Waals surface area (Å²) in [7, 11) is -3.71. The maximum atomic E-state index is 12.3. The highest BCUT2D eigenvalue weighted by molar-refractivity contribution is 7.89. The van der Waals surface area contributed by atoms with Crippen LogP contribution in [0.2, 0.25) is 5.02 Å². The van der Waals surface area contributed by atoms with Crippen molar-refractivity contribution in [2.75, 3.05) is 0 Å². The van der Waals surface area contributed by atoms with E-state index in [0.29, 0.717) is 10.6 Å². The van der Waals surface area contributed by atoms with Crippen molar-refractivity contribution < 1.29 is 8.42 Å². The number of nitrogens with one attached hydrogen (secondary N) is 2. The molecule has 0 atom stereocenters. The summed E-state index contributed by atoms with van der Waals surface area (Å²) in [5, 5.41) is 1.30. The predicted octanol–water partition coefficient (Wildman–Crippen LogP) is 2.97. The molecule has 0 saturated carbocycles. The Morgan fingerprint density at radius 3 is 2.50 bits per heavy atom. The number of aromatic amines is 1. The molecule has 1 aromatic heterocycles. The van der Waals surface area contributed by atoms with E-state index in [0.717, 1.165) is 16.5 Å². The van der Waals surface area contributed by atoms with Gasteiger partial charge < -0.3 is 4.98 Å². The zero-order valence-electron chi connectivity index (χ0n) is 12.8. The van der Waals surface area contributed by atoms with E-state index in [1.54, 1.807) is 6.07 Å². The highest BCUT2D eigenvalue weighted by atomic mass is 35.5. The Kier molecular flexibility index (Phi) is 4.45. The van der Waals surface area contributed by atoms with Gasteiger partial charge in [-0.2, -0.15) is 0 Å². The molecule has 1 heterocycles. The van der Waals surface area contributed by atoms with Gasteiger partial charge in [0, 0.05) is 22.6 Å². The van der Waals surface area contributed by atoms with Crippen LogP contribution in [0.3, 0.4) is 0 Å². The molecule has 0 unspecified atom stereocenters. The molecular formula is C17H15ClN2O3S. The lowest BCUT2D eigenvalue weighted by atomic mass is 10.1. The van der Waals surface area contributed by atoms with Crippen molar-refractivity contribution in [3.63, 3.8) is 0 Å². The summed E-state index contributed by atoms with van der Waals surface area (Å²) >= 11 is 5.76. The Morgan fingerprint density at radius 2 is 1.79 bits per heavy atom. The fraction of sp³-hybridized carbons (Fsp3) is 0.118. The van der Waals surface area contributed by atoms with Crippen LogP contribution in [0, 0.1) is 6.92 Å². The largest absolute Gasteiger partial charge is 0.322 e. The maximum Gasteiger partial charge on any atom is 0.252 e. The lowest BCUT2D eigenvalue weighted by Gasteiger charge is -2.08. The topological polar surface area (TPSA) is 79.0 Å². The third-order valence-corrected chi connectivity index (χ3v) is 5.32. The molecule has 124 valence electrons. The fourth-order valence-corrected chi connectivity index (χ4v) is 3.49. The third kappa shape index (κ3) is 3.51. The number of rotatable bonds is 4. The average Bonchev–Trinajstić information content (AvgIpc) is 2.53. The van der Waals surface area contributed by atoms with Crippen molar-refractivity contribution in [3.8, 4) is 0 Å². The van der Waals surface area contributed by atoms with Gasteiger partial charge >= 0.3 is 0 Å². The van der Waals surface area contributed by atoms with Crippen LogP contribution in [0.15, 0.2) is 58.2 Å². The quantitative estimate of drug-likeness (QED) is 0.748. The van der Waals surface area contributed by atoms with Crippen LogP contribution in [-0.4, -0.2) is 13.4 Å². The molecule has 0 aliphatic carbocycles. The Labute approximate surface area is 144 Å². The second-order valence-electron chi connectivity index (χ2n) is 5.49. The number of pyridine rings is 1. The van der Waals surface area contributed by atoms with E-state index in [-0.39, 0.29) is 17.0 Å². The molecule has 0 aliphatic heterocycles. The van der Waals surface area contributed by atoms with Gasteiger partial charge in [-0.05, 0) is 54.3 Å². The number of fused-ring (bicyclic) bond motifs is 1. The van der Waals surface area contributed by atoms with E-state index < -0.39 is 10.0 Å². The van der Waals surface area contributed by atoms with Gasteiger partial charge in [-0.3, -0.25) is 4.79 Å². The number of hydrogen-bond donors (Lipinski definition) is 2. The summed E-state index contributed by atoms with van der Waals surface area (Å²) in [5.74, 6) is 0. The number of aromatic nitrogens is 1. The zero-order valence-corrected chi connectivity index (χ0v) is 14.4. The van der Waals surface area contributed by atoms with Gasteiger partial charge in [0.1, 0.15) is 0 Å². The van der Waals surface area contributed by atoms with Gasteiger partial charge in [0.25, 0.3) is 5.56 Å². The lowest BCUT2D eigenvalue weighted by Crippen LogP contribution is -2.26. The number of hydrogen-bond acceptors (Lipinski definition) is 3. The number of H-pyrrole nitrogens is 1. The Bertz CT molecular complexity index is 1060. The van der Waals surface area contributed by atoms with E-state index in [1.165, 1.54) is 24.3 Å². The first-order valence-electron chi connectivity index (χ1n) is 7.23. The van der Waals surface area contributed by atoms with E-state index >= 15 is 0 Å². The first-order valence-corrected chi connectivity index (χ1v) is 9.09. The van der Waals surface area contributed by atoms with E-state index in [4.69, 9.17) is 11.6 Å². The first kappa shape index (κ1) is 16.7. The summed E-state index contributed by atoms with van der Waals surface area (Å²) in [5.41, 5.74) is 1.80. The van der Waals surface area contributed by atoms with Crippen LogP contribution in [-0.2, 0) is 16.6 Å². The second kappa shape index (κ2) is 6.39. The van der Waals surface area contributed by atoms with E-state index in [9.17, 15) is 13.2 Å². The maximum absolute atomic E-state index is 12.3. The van der Waals surface area contributed by atoms with Crippen molar-refractivity contribution in [1.29, 1.82) is 0 Å². The van der Waals surface area contributed by atoms with Gasteiger partial charge in [0.2, 0.25) is 10.0 Å². The number of aryl methyl sites for hydroxylation is 1. The number of sulfonamides is 1. The third-order valence-electron chi connectivity index (χ3n) is 3.65. The summed E-state index contributed by atoms with van der Waals surface area (Å²) in [6, 6.07) is 13.2. The van der Waals surface area contributed by atoms with Gasteiger partial charge in [0.15, 0.2) is 0 Å². The first-order chi connectivity index (χ1) is 11.3. The van der Waals surface area contributed by atoms with Gasteiger partial charge in [-0.15, -0.1) is 0 Å². The van der Waals surface area contributed by atoms with Crippen molar-refractivity contribution in [2.45, 2.75) is 18.4 Å². The Morgan fingerprint density at radius 1 is 1.08 bits per heavy atom. The van der Waals surface area contributed by atoms with Crippen molar-refractivity contribution in [2.24, 2.45) is 0 Å². The highest BCUT2D eigenvalue weighted by Crippen LogP contribution is 2.15. The van der Waals surface area contributed by atoms with E-state index in [2.05, 4.69) is 9.71 Å². The molecule has 0 fully saturated rings. The average molecular weight is 363 g/mol. The van der Waals surface area contributed by atoms with Gasteiger partial charge in [0.05, 0.1) is 4.90 Å². The molecule has 0 spiro atoms. The lowest BCUT2D eigenvalue weighted by molar-refractivity contribution is 0.581. The molecule has 24 heavy (non-hydrogen) atoms. The van der Waals surface area contributed by atoms with E-state index in [1.807, 2.05) is 25.1 Å². The summed E-state index contributed by atoms with van der Waals surface area (Å²) in [4.78, 5) is 15.0. The summed E-state index contributed by atoms with van der Waals surface area (Å²) in [6.07, 6.45) is 0. The molecule has 5 nitrogen and oxygen atoms in total. The number of benzene rings is 2. The van der Waals surface area contributed by atoms with Crippen LogP contribution >= 0.6 is 11.6 Å². The Balaban J connectivity index is 1.87. The Hall–Kier alpha value is -2.15. The monoisotopic (exact) mass is 362 g/mol. The molecular weight excluding hydrogens is 348 g/mol. The van der Waals surface area contributed by atoms with Crippen LogP contribution in [0.25, 0.3) is 10.9 Å². The van der Waals surface area contributed by atoms with Crippen molar-refractivity contribution >= 4 is 32.5 Å². The smallest absolute Gasteiger partial charge is 0.252 e. The molecule has 0 saturated heterocycles. The normalized spacial score (nSPS) is 11.8. The van der Waals surface area contributed by atoms with Crippen LogP contribution in [0.5, 0.6) is 0 Å². The minimum absolute atomic E-state index is 0.0931. The molecule has 0 bridgehead atoms. The molecule has 3 rings (SSSR count). The van der Waals surface area contributed by atoms with Crippen LogP contribution in [0.4, 0.5) is 0 Å². The molecule has 0 amide bonds. The molecule has 2 N–H and O–H groups in total. The zero-order chi connectivity index (χ0) is 17.3. The predicted molar refractivity (Wildman–Crippen MR) is 94.8 cm³/mol. The standard InChI is InChI=1S/C17H15ClN2O3S/c1-11-2-3-12-9-13(17(21)20-16(12)8-11)10-19-24(22,23)15-6-4-14(18)5-7-15/h2-9,19H,10H2,1H3,(H,20,21). The highest BCUT2D eigenvalue weighted by Gasteiger charge is 2.14. The van der Waals surface area contributed by atoms with Gasteiger partial charge in [-0.25, -0.2) is 13.1 Å². The summed E-state index contributed by atoms with van der Waals surface area (Å²) < 4.78 is 27.0. The SMILES string of the molecule is Cc1ccc2cc(CNS(=O)(=O)c3ccc(Cl)cc3)c(=O)[nH]c2c1. The molecule has 7 heteroatoms. The van der Waals surface area contributed by atoms with Crippen LogP contribution in [0.1, 0.15) is 11.1 Å². The minimum Gasteiger partial charge on any atom is -0.322 e. The number of halogens is 1.